The Balaban J connectivity index is 0.000000272. The molecule has 0 aliphatic carbocycles. The van der Waals surface area contributed by atoms with Crippen LogP contribution in [0.1, 0.15) is 6.92 Å². The maximum absolute atomic E-state index is 10.5. The summed E-state index contributed by atoms with van der Waals surface area (Å²) < 4.78 is 29.6. The zero-order valence-corrected chi connectivity index (χ0v) is 15.4. The quantitative estimate of drug-likeness (QED) is 0.455. The van der Waals surface area contributed by atoms with Gasteiger partial charge in [0.2, 0.25) is 0 Å². The van der Waals surface area contributed by atoms with Gasteiger partial charge >= 0.3 is 0 Å². The van der Waals surface area contributed by atoms with Gasteiger partial charge < -0.3 is 10.4 Å². The first-order valence-electron chi connectivity index (χ1n) is 8.54. The van der Waals surface area contributed by atoms with Crippen LogP contribution in [0.15, 0.2) is 0 Å². The topological polar surface area (TPSA) is 106 Å². The number of aliphatic hydroxyl groups is 1. The Morgan fingerprint density at radius 1 is 1.00 bits per heavy atom. The molecule has 0 amide bonds. The van der Waals surface area contributed by atoms with Crippen LogP contribution < -0.4 is 5.32 Å². The molecule has 0 atom stereocenters. The van der Waals surface area contributed by atoms with Crippen LogP contribution in [0, 0.1) is 0 Å². The highest BCUT2D eigenvalue weighted by Gasteiger charge is 2.17. The Morgan fingerprint density at radius 3 is 2.00 bits per heavy atom. The fourth-order valence-corrected chi connectivity index (χ4v) is 3.07. The molecule has 10 heteroatoms. The minimum absolute atomic E-state index is 0.158. The number of hydroxylamine groups is 2. The minimum Gasteiger partial charge on any atom is -0.395 e. The molecule has 2 saturated heterocycles. The molecule has 9 nitrogen and oxygen atoms in total. The van der Waals surface area contributed by atoms with Gasteiger partial charge in [0.25, 0.3) is 10.1 Å². The molecule has 2 fully saturated rings. The van der Waals surface area contributed by atoms with E-state index in [4.69, 9.17) is 14.5 Å². The molecular weight excluding hydrogens is 336 g/mol. The van der Waals surface area contributed by atoms with E-state index in [1.165, 1.54) is 0 Å². The highest BCUT2D eigenvalue weighted by atomic mass is 32.2. The van der Waals surface area contributed by atoms with Gasteiger partial charge in [0.15, 0.2) is 0 Å². The number of rotatable bonds is 7. The second-order valence-corrected chi connectivity index (χ2v) is 7.36. The third-order valence-electron chi connectivity index (χ3n) is 3.93. The Morgan fingerprint density at radius 2 is 1.54 bits per heavy atom. The molecular formula is C14H32N4O5S. The van der Waals surface area contributed by atoms with Gasteiger partial charge in [0.1, 0.15) is 0 Å². The van der Waals surface area contributed by atoms with Gasteiger partial charge in [-0.05, 0) is 6.92 Å². The predicted molar refractivity (Wildman–Crippen MR) is 92.5 cm³/mol. The van der Waals surface area contributed by atoms with Crippen LogP contribution in [0.2, 0.25) is 0 Å². The molecule has 3 N–H and O–H groups in total. The summed E-state index contributed by atoms with van der Waals surface area (Å²) in [6.45, 7) is 11.4. The van der Waals surface area contributed by atoms with E-state index in [0.29, 0.717) is 13.1 Å². The average Bonchev–Trinajstić information content (AvgIpc) is 2.56. The van der Waals surface area contributed by atoms with Crippen molar-refractivity contribution in [3.8, 4) is 0 Å². The Bertz CT molecular complexity index is 407. The number of aliphatic hydroxyl groups excluding tert-OH is 1. The lowest BCUT2D eigenvalue weighted by Gasteiger charge is -2.33. The summed E-state index contributed by atoms with van der Waals surface area (Å²) >= 11 is 0. The monoisotopic (exact) mass is 368 g/mol. The number of nitrogens with one attached hydrogen (secondary N) is 1. The van der Waals surface area contributed by atoms with Crippen LogP contribution in [-0.2, 0) is 15.0 Å². The SMILES string of the molecule is CCON1CCNCC1.O=S(=O)(O)CCN1CCN(CCO)CC1. The molecule has 2 rings (SSSR count). The molecule has 0 spiro atoms. The maximum atomic E-state index is 10.5. The maximum Gasteiger partial charge on any atom is 0.266 e. The highest BCUT2D eigenvalue weighted by molar-refractivity contribution is 7.85. The summed E-state index contributed by atoms with van der Waals surface area (Å²) in [5, 5.41) is 14.0. The van der Waals surface area contributed by atoms with E-state index in [1.807, 2.05) is 16.9 Å². The largest absolute Gasteiger partial charge is 0.395 e. The zero-order valence-electron chi connectivity index (χ0n) is 14.6. The molecule has 0 aromatic heterocycles. The summed E-state index contributed by atoms with van der Waals surface area (Å²) in [6.07, 6.45) is 0. The van der Waals surface area contributed by atoms with Crippen LogP contribution in [0.4, 0.5) is 0 Å². The number of hydrogen-bond acceptors (Lipinski definition) is 8. The van der Waals surface area contributed by atoms with Crippen LogP contribution in [0.3, 0.4) is 0 Å². The molecule has 0 aromatic carbocycles. The lowest BCUT2D eigenvalue weighted by atomic mass is 10.3. The molecule has 2 aliphatic heterocycles. The van der Waals surface area contributed by atoms with Gasteiger partial charge in [-0.25, -0.2) is 0 Å². The van der Waals surface area contributed by atoms with E-state index in [9.17, 15) is 8.42 Å². The normalized spacial score (nSPS) is 21.3. The summed E-state index contributed by atoms with van der Waals surface area (Å²) in [7, 11) is -3.84. The van der Waals surface area contributed by atoms with Crippen molar-refractivity contribution in [2.75, 3.05) is 84.4 Å². The van der Waals surface area contributed by atoms with Gasteiger partial charge in [-0.15, -0.1) is 0 Å². The first kappa shape index (κ1) is 21.7. The van der Waals surface area contributed by atoms with E-state index in [-0.39, 0.29) is 12.4 Å². The van der Waals surface area contributed by atoms with Gasteiger partial charge in [-0.3, -0.25) is 19.2 Å². The average molecular weight is 369 g/mol. The Labute approximate surface area is 145 Å². The van der Waals surface area contributed by atoms with Crippen molar-refractivity contribution in [3.63, 3.8) is 0 Å². The van der Waals surface area contributed by atoms with Crippen molar-refractivity contribution < 1.29 is 22.9 Å². The summed E-state index contributed by atoms with van der Waals surface area (Å²) in [6, 6.07) is 0. The second kappa shape index (κ2) is 12.1. The van der Waals surface area contributed by atoms with E-state index in [0.717, 1.165) is 59.0 Å². The lowest BCUT2D eigenvalue weighted by Crippen LogP contribution is -2.48. The molecule has 0 unspecified atom stereocenters. The van der Waals surface area contributed by atoms with Crippen molar-refractivity contribution in [2.24, 2.45) is 0 Å². The summed E-state index contributed by atoms with van der Waals surface area (Å²) in [4.78, 5) is 9.41. The molecule has 2 aliphatic rings. The van der Waals surface area contributed by atoms with Crippen LogP contribution in [0.5, 0.6) is 0 Å². The zero-order chi connectivity index (χ0) is 17.8. The molecule has 0 radical (unpaired) electrons. The van der Waals surface area contributed by atoms with Crippen molar-refractivity contribution in [2.45, 2.75) is 6.92 Å². The van der Waals surface area contributed by atoms with E-state index >= 15 is 0 Å². The fraction of sp³-hybridized carbons (Fsp3) is 1.00. The molecule has 24 heavy (non-hydrogen) atoms. The summed E-state index contributed by atoms with van der Waals surface area (Å²) in [5.41, 5.74) is 0. The van der Waals surface area contributed by atoms with Crippen LogP contribution in [-0.4, -0.2) is 117 Å². The first-order chi connectivity index (χ1) is 11.4. The molecule has 0 bridgehead atoms. The molecule has 0 saturated carbocycles. The number of β-amino-alcohol motifs (C(OH)–C–C–N with tert-alkyl or cyclic N) is 1. The van der Waals surface area contributed by atoms with Crippen LogP contribution >= 0.6 is 0 Å². The van der Waals surface area contributed by atoms with Crippen molar-refractivity contribution in [1.29, 1.82) is 0 Å². The van der Waals surface area contributed by atoms with Crippen molar-refractivity contribution >= 4 is 10.1 Å². The van der Waals surface area contributed by atoms with Crippen molar-refractivity contribution in [3.05, 3.63) is 0 Å². The number of hydrogen-bond donors (Lipinski definition) is 3. The fourth-order valence-electron chi connectivity index (χ4n) is 2.58. The summed E-state index contributed by atoms with van der Waals surface area (Å²) in [5.74, 6) is -0.201. The van der Waals surface area contributed by atoms with Gasteiger partial charge in [0.05, 0.1) is 19.0 Å². The van der Waals surface area contributed by atoms with E-state index in [1.54, 1.807) is 0 Å². The highest BCUT2D eigenvalue weighted by Crippen LogP contribution is 2.01. The smallest absolute Gasteiger partial charge is 0.266 e. The first-order valence-corrected chi connectivity index (χ1v) is 10.1. The predicted octanol–water partition coefficient (Wildman–Crippen LogP) is -1.67. The number of piperazine rings is 2. The second-order valence-electron chi connectivity index (χ2n) is 5.79. The van der Waals surface area contributed by atoms with E-state index < -0.39 is 10.1 Å². The number of nitrogens with zero attached hydrogens (tertiary/aromatic N) is 3. The standard InChI is InChI=1S/C8H18N2O4S.C6H14N2O/c11-7-5-9-1-3-10(4-2-9)6-8-15(12,13)14;1-2-9-8-5-3-7-4-6-8/h11H,1-8H2,(H,12,13,14);7H,2-6H2,1H3. The molecule has 144 valence electrons. The van der Waals surface area contributed by atoms with Gasteiger partial charge in [-0.1, -0.05) is 0 Å². The minimum atomic E-state index is -3.84. The Kier molecular flexibility index (Phi) is 10.9. The van der Waals surface area contributed by atoms with Gasteiger partial charge in [-0.2, -0.15) is 13.5 Å². The Hall–Kier alpha value is -0.330. The third kappa shape index (κ3) is 10.5. The van der Waals surface area contributed by atoms with E-state index in [2.05, 4.69) is 10.2 Å². The lowest BCUT2D eigenvalue weighted by molar-refractivity contribution is -0.159. The third-order valence-corrected chi connectivity index (χ3v) is 4.63. The molecule has 2 heterocycles. The molecule has 0 aromatic rings. The van der Waals surface area contributed by atoms with Crippen LogP contribution in [0.25, 0.3) is 0 Å². The van der Waals surface area contributed by atoms with Gasteiger partial charge in [0, 0.05) is 65.4 Å². The van der Waals surface area contributed by atoms with Crippen molar-refractivity contribution in [1.82, 2.24) is 20.2 Å².